The van der Waals surface area contributed by atoms with Crippen LogP contribution in [0.5, 0.6) is 5.75 Å². The molecule has 1 aromatic heterocycles. The third kappa shape index (κ3) is 7.36. The number of carbonyl (C=O) groups excluding carboxylic acids is 2. The number of nitrogens with zero attached hydrogens (tertiary/aromatic N) is 4. The number of methoxy groups -OCH3 is 1. The first-order valence-corrected chi connectivity index (χ1v) is 19.8. The highest BCUT2D eigenvalue weighted by molar-refractivity contribution is 7.92. The van der Waals surface area contributed by atoms with Gasteiger partial charge >= 0.3 is 0 Å². The average Bonchev–Trinajstić information content (AvgIpc) is 3.44. The zero-order chi connectivity index (χ0) is 34.9. The second-order valence-electron chi connectivity index (χ2n) is 14.3. The van der Waals surface area contributed by atoms with Gasteiger partial charge in [0.15, 0.2) is 0 Å². The SMILES string of the molecule is CO[C@H]1/C=C\CCCS(=O)(NC(=O)CCc2ccn(C)n2)=NC(=O)c2ccc3c(c2)N(C[C@@H]2CC[C@H]21)C[C@@]1(CCCc2cc(Cl)ccc21)CO3. The highest BCUT2D eigenvalue weighted by atomic mass is 35.5. The van der Waals surface area contributed by atoms with E-state index in [0.717, 1.165) is 61.6 Å². The van der Waals surface area contributed by atoms with E-state index in [1.807, 2.05) is 37.5 Å². The van der Waals surface area contributed by atoms with E-state index in [1.165, 1.54) is 11.1 Å². The summed E-state index contributed by atoms with van der Waals surface area (Å²) in [6, 6.07) is 13.4. The third-order valence-corrected chi connectivity index (χ3v) is 13.0. The maximum Gasteiger partial charge on any atom is 0.286 e. The van der Waals surface area contributed by atoms with Gasteiger partial charge in [-0.15, -0.1) is 4.36 Å². The summed E-state index contributed by atoms with van der Waals surface area (Å²) in [6.45, 7) is 2.03. The van der Waals surface area contributed by atoms with Crippen LogP contribution in [0.2, 0.25) is 5.02 Å². The molecule has 2 amide bonds. The first-order valence-electron chi connectivity index (χ1n) is 17.7. The van der Waals surface area contributed by atoms with E-state index in [4.69, 9.17) is 21.1 Å². The Kier molecular flexibility index (Phi) is 10.1. The molecule has 2 bridgehead atoms. The van der Waals surface area contributed by atoms with E-state index in [0.29, 0.717) is 49.0 Å². The lowest BCUT2D eigenvalue weighted by atomic mass is 9.68. The van der Waals surface area contributed by atoms with E-state index in [1.54, 1.807) is 17.9 Å². The van der Waals surface area contributed by atoms with Gasteiger partial charge in [-0.3, -0.25) is 19.0 Å². The molecule has 266 valence electrons. The summed E-state index contributed by atoms with van der Waals surface area (Å²) in [5.74, 6) is 0.462. The lowest BCUT2D eigenvalue weighted by molar-refractivity contribution is -0.119. The molecule has 0 saturated heterocycles. The third-order valence-electron chi connectivity index (χ3n) is 10.9. The first-order chi connectivity index (χ1) is 24.1. The molecule has 7 rings (SSSR count). The summed E-state index contributed by atoms with van der Waals surface area (Å²) in [5, 5.41) is 5.07. The van der Waals surface area contributed by atoms with Crippen LogP contribution in [0.15, 0.2) is 65.2 Å². The number of amides is 2. The maximum absolute atomic E-state index is 14.2. The largest absolute Gasteiger partial charge is 0.490 e. The van der Waals surface area contributed by atoms with Crippen molar-refractivity contribution < 1.29 is 23.3 Å². The molecule has 1 unspecified atom stereocenters. The summed E-state index contributed by atoms with van der Waals surface area (Å²) < 4.78 is 35.4. The van der Waals surface area contributed by atoms with Crippen molar-refractivity contribution in [2.24, 2.45) is 23.2 Å². The molecular weight excluding hydrogens is 674 g/mol. The Bertz CT molecular complexity index is 1920. The molecule has 2 aromatic carbocycles. The molecule has 0 radical (unpaired) electrons. The number of anilines is 1. The van der Waals surface area contributed by atoms with Crippen LogP contribution in [0.25, 0.3) is 0 Å². The lowest BCUT2D eigenvalue weighted by Gasteiger charge is -2.46. The maximum atomic E-state index is 14.2. The molecule has 5 atom stereocenters. The van der Waals surface area contributed by atoms with Crippen LogP contribution in [-0.4, -0.2) is 64.5 Å². The van der Waals surface area contributed by atoms with Gasteiger partial charge in [0.25, 0.3) is 5.91 Å². The Balaban J connectivity index is 1.24. The predicted octanol–water partition coefficient (Wildman–Crippen LogP) is 6.21. The highest BCUT2D eigenvalue weighted by Gasteiger charge is 2.44. The topological polar surface area (TPSA) is 115 Å². The Labute approximate surface area is 299 Å². The van der Waals surface area contributed by atoms with Crippen LogP contribution >= 0.6 is 11.6 Å². The number of nitrogens with one attached hydrogen (secondary N) is 1. The van der Waals surface area contributed by atoms with Gasteiger partial charge < -0.3 is 14.4 Å². The number of allylic oxidation sites excluding steroid dienone is 1. The van der Waals surface area contributed by atoms with Crippen LogP contribution in [0, 0.1) is 11.8 Å². The number of ether oxygens (including phenoxy) is 2. The molecule has 2 aliphatic carbocycles. The minimum Gasteiger partial charge on any atom is -0.490 e. The zero-order valence-electron chi connectivity index (χ0n) is 28.8. The van der Waals surface area contributed by atoms with E-state index in [2.05, 4.69) is 43.4 Å². The summed E-state index contributed by atoms with van der Waals surface area (Å²) in [6.07, 6.45) is 12.7. The standard InChI is InChI=1S/C38H46ClN5O5S/c1-43-19-17-30(40-43)12-16-36(45)41-50(47)20-5-3-4-8-34(48-2)31-13-9-28(31)23-44-24-38(18-6-7-26-21-29(39)11-14-32(26)38)25-49-35-15-10-27(22-33(35)44)37(46)42-50/h4,8,10-11,14-15,17,19,21-22,28,31,34H,3,5-7,9,12-13,16,18,20,23-25H2,1-2H3,(H,41,42,45,46,47)/b8-4-/t28-,31+,34-,38-,50?/m0/s1. The van der Waals surface area contributed by atoms with E-state index < -0.39 is 21.7 Å². The molecule has 1 fully saturated rings. The van der Waals surface area contributed by atoms with Gasteiger partial charge in [-0.1, -0.05) is 29.8 Å². The molecule has 1 saturated carbocycles. The second-order valence-corrected chi connectivity index (χ2v) is 16.8. The number of halogens is 1. The quantitative estimate of drug-likeness (QED) is 0.312. The number of rotatable bonds is 5. The van der Waals surface area contributed by atoms with E-state index in [-0.39, 0.29) is 23.7 Å². The van der Waals surface area contributed by atoms with E-state index >= 15 is 0 Å². The fourth-order valence-corrected chi connectivity index (χ4v) is 10.0. The summed E-state index contributed by atoms with van der Waals surface area (Å²) in [5.41, 5.74) is 4.20. The summed E-state index contributed by atoms with van der Waals surface area (Å²) in [7, 11) is 0.166. The number of carbonyl (C=O) groups is 2. The van der Waals surface area contributed by atoms with Crippen molar-refractivity contribution in [2.45, 2.75) is 69.3 Å². The van der Waals surface area contributed by atoms with Crippen LogP contribution in [0.4, 0.5) is 5.69 Å². The number of hydrogen-bond acceptors (Lipinski definition) is 7. The van der Waals surface area contributed by atoms with Gasteiger partial charge in [0, 0.05) is 62.3 Å². The molecule has 3 heterocycles. The van der Waals surface area contributed by atoms with Crippen molar-refractivity contribution >= 4 is 39.0 Å². The smallest absolute Gasteiger partial charge is 0.286 e. The number of aromatic nitrogens is 2. The zero-order valence-corrected chi connectivity index (χ0v) is 30.4. The molecular formula is C38H46ClN5O5S. The number of fused-ring (bicyclic) bond motifs is 4. The molecule has 2 aliphatic heterocycles. The Morgan fingerprint density at radius 2 is 2.06 bits per heavy atom. The van der Waals surface area contributed by atoms with Gasteiger partial charge in [0.2, 0.25) is 5.91 Å². The fourth-order valence-electron chi connectivity index (χ4n) is 8.18. The molecule has 10 nitrogen and oxygen atoms in total. The van der Waals surface area contributed by atoms with Crippen molar-refractivity contribution in [1.82, 2.24) is 14.5 Å². The Morgan fingerprint density at radius 1 is 1.18 bits per heavy atom. The molecule has 1 N–H and O–H groups in total. The van der Waals surface area contributed by atoms with Gasteiger partial charge in [-0.2, -0.15) is 5.10 Å². The van der Waals surface area contributed by atoms with Gasteiger partial charge in [-0.25, -0.2) is 4.21 Å². The monoisotopic (exact) mass is 719 g/mol. The van der Waals surface area contributed by atoms with Crippen molar-refractivity contribution in [3.63, 3.8) is 0 Å². The Hall–Kier alpha value is -3.67. The van der Waals surface area contributed by atoms with Gasteiger partial charge in [-0.05, 0) is 104 Å². The second kappa shape index (κ2) is 14.5. The van der Waals surface area contributed by atoms with Crippen molar-refractivity contribution in [3.05, 3.63) is 88.2 Å². The average molecular weight is 720 g/mol. The first kappa shape index (κ1) is 34.8. The summed E-state index contributed by atoms with van der Waals surface area (Å²) in [4.78, 5) is 29.3. The minimum atomic E-state index is -3.41. The number of aryl methyl sites for hydroxylation is 3. The number of hydrogen-bond donors (Lipinski definition) is 1. The molecule has 1 spiro atoms. The lowest BCUT2D eigenvalue weighted by Crippen LogP contribution is -2.49. The highest BCUT2D eigenvalue weighted by Crippen LogP contribution is 2.47. The predicted molar refractivity (Wildman–Crippen MR) is 195 cm³/mol. The van der Waals surface area contributed by atoms with Crippen molar-refractivity contribution in [1.29, 1.82) is 0 Å². The minimum absolute atomic E-state index is 0.0379. The summed E-state index contributed by atoms with van der Waals surface area (Å²) >= 11 is 6.45. The normalized spacial score (nSPS) is 28.7. The van der Waals surface area contributed by atoms with Crippen LogP contribution < -0.4 is 14.4 Å². The number of benzene rings is 2. The van der Waals surface area contributed by atoms with Crippen LogP contribution in [0.1, 0.15) is 72.1 Å². The molecule has 3 aromatic rings. The van der Waals surface area contributed by atoms with E-state index in [9.17, 15) is 13.8 Å². The molecule has 12 heteroatoms. The van der Waals surface area contributed by atoms with Crippen molar-refractivity contribution in [2.75, 3.05) is 37.5 Å². The van der Waals surface area contributed by atoms with Gasteiger partial charge in [0.1, 0.15) is 15.7 Å². The molecule has 4 aliphatic rings. The van der Waals surface area contributed by atoms with Crippen LogP contribution in [0.3, 0.4) is 0 Å². The molecule has 50 heavy (non-hydrogen) atoms. The fraction of sp³-hybridized carbons (Fsp3) is 0.500. The van der Waals surface area contributed by atoms with Crippen LogP contribution in [-0.2, 0) is 44.8 Å². The Morgan fingerprint density at radius 3 is 2.84 bits per heavy atom. The van der Waals surface area contributed by atoms with Gasteiger partial charge in [0.05, 0.1) is 29.8 Å². The van der Waals surface area contributed by atoms with Crippen molar-refractivity contribution in [3.8, 4) is 5.75 Å².